The first-order valence-corrected chi connectivity index (χ1v) is 8.44. The van der Waals surface area contributed by atoms with E-state index in [1.54, 1.807) is 31.5 Å². The first-order chi connectivity index (χ1) is 12.4. The number of pyridine rings is 2. The number of fused-ring (bicyclic) bond motifs is 1. The Kier molecular flexibility index (Phi) is 4.75. The van der Waals surface area contributed by atoms with Gasteiger partial charge in [0.2, 0.25) is 0 Å². The highest BCUT2D eigenvalue weighted by Crippen LogP contribution is 2.33. The highest BCUT2D eigenvalue weighted by atomic mass is 16.5. The molecule has 0 fully saturated rings. The summed E-state index contributed by atoms with van der Waals surface area (Å²) in [6.07, 6.45) is 3.30. The summed E-state index contributed by atoms with van der Waals surface area (Å²) < 4.78 is 5.20. The second-order valence-corrected chi connectivity index (χ2v) is 6.28. The highest BCUT2D eigenvalue weighted by molar-refractivity contribution is 6.08. The van der Waals surface area contributed by atoms with E-state index in [1.807, 2.05) is 19.9 Å². The van der Waals surface area contributed by atoms with Gasteiger partial charge < -0.3 is 14.8 Å². The Morgan fingerprint density at radius 1 is 1.31 bits per heavy atom. The monoisotopic (exact) mass is 352 g/mol. The quantitative estimate of drug-likeness (QED) is 0.700. The average Bonchev–Trinajstić information content (AvgIpc) is 2.61. The third-order valence-electron chi connectivity index (χ3n) is 4.18. The number of carbonyl (C=O) groups excluding carboxylic acids is 1. The number of phenolic OH excluding ortho intramolecular Hbond substituents is 1. The molecule has 134 valence electrons. The molecule has 3 rings (SSSR count). The van der Waals surface area contributed by atoms with E-state index < -0.39 is 11.5 Å². The molecule has 1 aromatic carbocycles. The Bertz CT molecular complexity index is 1020. The van der Waals surface area contributed by atoms with Gasteiger partial charge in [-0.1, -0.05) is 19.9 Å². The van der Waals surface area contributed by atoms with Crippen LogP contribution in [-0.2, 0) is 4.74 Å². The van der Waals surface area contributed by atoms with Crippen LogP contribution in [0.4, 0.5) is 0 Å². The average molecular weight is 352 g/mol. The first-order valence-electron chi connectivity index (χ1n) is 8.44. The third-order valence-corrected chi connectivity index (χ3v) is 4.18. The topological polar surface area (TPSA) is 92.3 Å². The van der Waals surface area contributed by atoms with Gasteiger partial charge in [0.1, 0.15) is 5.75 Å². The lowest BCUT2D eigenvalue weighted by molar-refractivity contribution is 0.0526. The number of esters is 1. The van der Waals surface area contributed by atoms with Crippen molar-refractivity contribution >= 4 is 16.7 Å². The second-order valence-electron chi connectivity index (χ2n) is 6.28. The molecule has 0 saturated carbocycles. The van der Waals surface area contributed by atoms with Crippen molar-refractivity contribution in [2.75, 3.05) is 6.61 Å². The van der Waals surface area contributed by atoms with Crippen LogP contribution in [0.2, 0.25) is 0 Å². The summed E-state index contributed by atoms with van der Waals surface area (Å²) in [5.74, 6) is -0.820. The van der Waals surface area contributed by atoms with Crippen molar-refractivity contribution in [3.05, 3.63) is 58.3 Å². The normalized spacial score (nSPS) is 11.1. The molecule has 0 radical (unpaired) electrons. The fourth-order valence-corrected chi connectivity index (χ4v) is 3.01. The molecule has 2 N–H and O–H groups in total. The molecule has 0 bridgehead atoms. The molecule has 2 heterocycles. The van der Waals surface area contributed by atoms with Crippen molar-refractivity contribution in [3.63, 3.8) is 0 Å². The maximum atomic E-state index is 12.6. The number of nitrogens with zero attached hydrogens (tertiary/aromatic N) is 1. The zero-order valence-electron chi connectivity index (χ0n) is 14.9. The van der Waals surface area contributed by atoms with Gasteiger partial charge in [0.05, 0.1) is 17.6 Å². The summed E-state index contributed by atoms with van der Waals surface area (Å²) in [6.45, 7) is 5.69. The lowest BCUT2D eigenvalue weighted by Crippen LogP contribution is -2.18. The van der Waals surface area contributed by atoms with Gasteiger partial charge in [-0.05, 0) is 36.6 Å². The zero-order valence-corrected chi connectivity index (χ0v) is 14.9. The van der Waals surface area contributed by atoms with Gasteiger partial charge in [0.15, 0.2) is 0 Å². The molecule has 0 unspecified atom stereocenters. The van der Waals surface area contributed by atoms with Gasteiger partial charge in [0, 0.05) is 29.0 Å². The highest BCUT2D eigenvalue weighted by Gasteiger charge is 2.23. The van der Waals surface area contributed by atoms with E-state index in [1.165, 1.54) is 6.07 Å². The zero-order chi connectivity index (χ0) is 18.8. The molecule has 2 aromatic heterocycles. The van der Waals surface area contributed by atoms with Crippen LogP contribution in [0.1, 0.15) is 42.7 Å². The lowest BCUT2D eigenvalue weighted by atomic mass is 9.95. The summed E-state index contributed by atoms with van der Waals surface area (Å²) in [4.78, 5) is 32.0. The van der Waals surface area contributed by atoms with E-state index in [9.17, 15) is 14.7 Å². The maximum absolute atomic E-state index is 12.6. The molecule has 0 aliphatic rings. The number of hydrogen-bond acceptors (Lipinski definition) is 5. The molecular formula is C20H20N2O4. The number of aromatic nitrogens is 2. The van der Waals surface area contributed by atoms with E-state index in [4.69, 9.17) is 4.74 Å². The number of aromatic amines is 1. The van der Waals surface area contributed by atoms with Crippen molar-refractivity contribution in [1.29, 1.82) is 0 Å². The summed E-state index contributed by atoms with van der Waals surface area (Å²) in [7, 11) is 0. The fraction of sp³-hybridized carbons (Fsp3) is 0.250. The van der Waals surface area contributed by atoms with Gasteiger partial charge in [-0.2, -0.15) is 0 Å². The van der Waals surface area contributed by atoms with Crippen molar-refractivity contribution in [2.45, 2.75) is 26.7 Å². The minimum atomic E-state index is -0.528. The second kappa shape index (κ2) is 7.00. The number of benzene rings is 1. The van der Waals surface area contributed by atoms with Gasteiger partial charge >= 0.3 is 5.97 Å². The van der Waals surface area contributed by atoms with E-state index in [-0.39, 0.29) is 29.2 Å². The smallest absolute Gasteiger partial charge is 0.340 e. The van der Waals surface area contributed by atoms with Crippen LogP contribution >= 0.6 is 0 Å². The molecule has 3 aromatic rings. The summed E-state index contributed by atoms with van der Waals surface area (Å²) in [5.41, 5.74) is 1.76. The van der Waals surface area contributed by atoms with E-state index in [2.05, 4.69) is 9.97 Å². The first kappa shape index (κ1) is 17.7. The Hall–Kier alpha value is -3.15. The molecule has 0 atom stereocenters. The number of rotatable bonds is 4. The molecular weight excluding hydrogens is 332 g/mol. The minimum Gasteiger partial charge on any atom is -0.507 e. The molecule has 0 amide bonds. The van der Waals surface area contributed by atoms with Crippen LogP contribution in [0.3, 0.4) is 0 Å². The van der Waals surface area contributed by atoms with E-state index in [0.29, 0.717) is 16.6 Å². The lowest BCUT2D eigenvalue weighted by Gasteiger charge is -2.16. The van der Waals surface area contributed by atoms with Crippen molar-refractivity contribution in [2.24, 2.45) is 0 Å². The van der Waals surface area contributed by atoms with Gasteiger partial charge in [-0.15, -0.1) is 0 Å². The Morgan fingerprint density at radius 3 is 2.69 bits per heavy atom. The maximum Gasteiger partial charge on any atom is 0.340 e. The van der Waals surface area contributed by atoms with Gasteiger partial charge in [-0.25, -0.2) is 4.79 Å². The number of ether oxygens (including phenoxy) is 1. The number of hydrogen-bond donors (Lipinski definition) is 2. The van der Waals surface area contributed by atoms with Crippen LogP contribution in [0.5, 0.6) is 5.75 Å². The van der Waals surface area contributed by atoms with Gasteiger partial charge in [0.25, 0.3) is 5.56 Å². The largest absolute Gasteiger partial charge is 0.507 e. The molecule has 6 heteroatoms. The third kappa shape index (κ3) is 3.06. The van der Waals surface area contributed by atoms with Crippen molar-refractivity contribution in [1.82, 2.24) is 9.97 Å². The minimum absolute atomic E-state index is 0.0742. The molecule has 0 aliphatic heterocycles. The molecule has 6 nitrogen and oxygen atoms in total. The Labute approximate surface area is 150 Å². The number of nitrogens with one attached hydrogen (secondary N) is 1. The molecule has 0 spiro atoms. The molecule has 0 aliphatic carbocycles. The predicted octanol–water partition coefficient (Wildman–Crippen LogP) is 3.60. The van der Waals surface area contributed by atoms with Crippen LogP contribution < -0.4 is 5.56 Å². The van der Waals surface area contributed by atoms with Crippen LogP contribution in [0, 0.1) is 0 Å². The number of phenols is 1. The van der Waals surface area contributed by atoms with Crippen molar-refractivity contribution in [3.8, 4) is 16.9 Å². The van der Waals surface area contributed by atoms with Gasteiger partial charge in [-0.3, -0.25) is 9.78 Å². The van der Waals surface area contributed by atoms with Crippen molar-refractivity contribution < 1.29 is 14.6 Å². The van der Waals surface area contributed by atoms with E-state index >= 15 is 0 Å². The standard InChI is InChI=1S/C20H20N2O4/c1-4-26-20(25)17-14-8-13(12-6-5-7-21-10-12)9-15(23)16(14)19(24)22-18(17)11(2)3/h5-11,23H,4H2,1-3H3,(H,22,24). The number of aromatic hydroxyl groups is 1. The Morgan fingerprint density at radius 2 is 2.08 bits per heavy atom. The fourth-order valence-electron chi connectivity index (χ4n) is 3.01. The predicted molar refractivity (Wildman–Crippen MR) is 99.5 cm³/mol. The van der Waals surface area contributed by atoms with E-state index in [0.717, 1.165) is 5.56 Å². The Balaban J connectivity index is 2.41. The summed E-state index contributed by atoms with van der Waals surface area (Å²) in [6, 6.07) is 6.84. The van der Waals surface area contributed by atoms with Crippen LogP contribution in [-0.4, -0.2) is 27.7 Å². The summed E-state index contributed by atoms with van der Waals surface area (Å²) in [5, 5.41) is 10.9. The van der Waals surface area contributed by atoms with Crippen LogP contribution in [0.25, 0.3) is 21.9 Å². The SMILES string of the molecule is CCOC(=O)c1c(C(C)C)[nH]c(=O)c2c(O)cc(-c3cccnc3)cc12. The number of carbonyl (C=O) groups is 1. The summed E-state index contributed by atoms with van der Waals surface area (Å²) >= 11 is 0. The molecule has 0 saturated heterocycles. The van der Waals surface area contributed by atoms with Crippen LogP contribution in [0.15, 0.2) is 41.5 Å². The molecule has 26 heavy (non-hydrogen) atoms. The number of H-pyrrole nitrogens is 1.